The molecule has 0 aromatic heterocycles. The van der Waals surface area contributed by atoms with Crippen molar-refractivity contribution in [2.24, 2.45) is 11.8 Å². The quantitative estimate of drug-likeness (QED) is 0.676. The maximum atomic E-state index is 12.2. The Morgan fingerprint density at radius 2 is 2.05 bits per heavy atom. The lowest BCUT2D eigenvalue weighted by molar-refractivity contribution is -0.247. The molecule has 114 valence electrons. The molecule has 3 aliphatic rings. The smallest absolute Gasteiger partial charge is 0.303 e. The zero-order valence-corrected chi connectivity index (χ0v) is 11.7. The van der Waals surface area contributed by atoms with Gasteiger partial charge in [0, 0.05) is 19.8 Å². The molecule has 0 unspecified atom stereocenters. The number of ketones is 1. The second-order valence-corrected chi connectivity index (χ2v) is 5.40. The number of hydrogen-bond acceptors (Lipinski definition) is 7. The fourth-order valence-corrected chi connectivity index (χ4v) is 3.19. The molecule has 2 saturated heterocycles. The van der Waals surface area contributed by atoms with Crippen molar-refractivity contribution in [2.45, 2.75) is 32.3 Å². The van der Waals surface area contributed by atoms with E-state index < -0.39 is 36.4 Å². The minimum absolute atomic E-state index is 0.0844. The Balaban J connectivity index is 1.84. The highest BCUT2D eigenvalue weighted by atomic mass is 16.7. The molecular weight excluding hydrogens is 280 g/mol. The summed E-state index contributed by atoms with van der Waals surface area (Å²) >= 11 is 0. The molecule has 0 saturated carbocycles. The molecule has 2 fully saturated rings. The molecule has 21 heavy (non-hydrogen) atoms. The fraction of sp³-hybridized carbons (Fsp3) is 0.643. The Morgan fingerprint density at radius 3 is 2.71 bits per heavy atom. The number of hydrogen-bond donors (Lipinski definition) is 0. The average molecular weight is 296 g/mol. The van der Waals surface area contributed by atoms with Gasteiger partial charge in [-0.3, -0.25) is 14.4 Å². The van der Waals surface area contributed by atoms with Gasteiger partial charge in [0.2, 0.25) is 0 Å². The van der Waals surface area contributed by atoms with Crippen molar-refractivity contribution < 1.29 is 33.3 Å². The van der Waals surface area contributed by atoms with Gasteiger partial charge in [-0.1, -0.05) is 0 Å². The molecule has 3 rings (SSSR count). The fourth-order valence-electron chi connectivity index (χ4n) is 3.19. The van der Waals surface area contributed by atoms with Crippen molar-refractivity contribution in [1.82, 2.24) is 0 Å². The molecule has 2 aliphatic heterocycles. The molecular formula is C14H16O7. The third kappa shape index (κ3) is 2.47. The lowest BCUT2D eigenvalue weighted by atomic mass is 9.82. The van der Waals surface area contributed by atoms with Crippen molar-refractivity contribution >= 4 is 17.7 Å². The molecule has 7 heteroatoms. The molecule has 5 atom stereocenters. The van der Waals surface area contributed by atoms with E-state index in [-0.39, 0.29) is 18.3 Å². The first-order valence-corrected chi connectivity index (χ1v) is 6.79. The number of allylic oxidation sites excluding steroid dienone is 1. The summed E-state index contributed by atoms with van der Waals surface area (Å²) < 4.78 is 21.5. The van der Waals surface area contributed by atoms with Gasteiger partial charge >= 0.3 is 11.9 Å². The Kier molecular flexibility index (Phi) is 3.54. The summed E-state index contributed by atoms with van der Waals surface area (Å²) in [5, 5.41) is 0. The van der Waals surface area contributed by atoms with Gasteiger partial charge in [0.25, 0.3) is 0 Å². The highest BCUT2D eigenvalue weighted by Gasteiger charge is 2.57. The van der Waals surface area contributed by atoms with E-state index in [1.165, 1.54) is 13.8 Å². The van der Waals surface area contributed by atoms with Gasteiger partial charge < -0.3 is 18.9 Å². The standard InChI is InChI=1S/C14H16O7/c1-6(15)18-5-10-13(20-7(2)16)12-9(17)3-8-4-19-14(21-10)11(8)12/h3,10-14H,4-5H2,1-2H3/t10-,11-,12+,13-,14+/m1/s1. The van der Waals surface area contributed by atoms with E-state index in [9.17, 15) is 14.4 Å². The normalized spacial score (nSPS) is 37.0. The van der Waals surface area contributed by atoms with Crippen molar-refractivity contribution in [1.29, 1.82) is 0 Å². The minimum atomic E-state index is -0.772. The number of rotatable bonds is 3. The highest BCUT2D eigenvalue weighted by molar-refractivity contribution is 5.97. The summed E-state index contributed by atoms with van der Waals surface area (Å²) in [6, 6.07) is 0. The Morgan fingerprint density at radius 1 is 1.29 bits per heavy atom. The maximum Gasteiger partial charge on any atom is 0.303 e. The Labute approximate surface area is 121 Å². The SMILES string of the molecule is CC(=O)OC[C@H]1O[C@@H]2OCC3=CC(=O)[C@H]([C@@H]1OC(C)=O)[C@@H]32. The predicted molar refractivity (Wildman–Crippen MR) is 66.9 cm³/mol. The average Bonchev–Trinajstić information content (AvgIpc) is 2.92. The second kappa shape index (κ2) is 5.23. The number of esters is 2. The highest BCUT2D eigenvalue weighted by Crippen LogP contribution is 2.46. The largest absolute Gasteiger partial charge is 0.463 e. The molecule has 0 spiro atoms. The van der Waals surface area contributed by atoms with Gasteiger partial charge in [-0.25, -0.2) is 0 Å². The zero-order valence-electron chi connectivity index (χ0n) is 11.7. The maximum absolute atomic E-state index is 12.2. The first kappa shape index (κ1) is 14.2. The lowest BCUT2D eigenvalue weighted by Crippen LogP contribution is -2.54. The first-order valence-electron chi connectivity index (χ1n) is 6.79. The van der Waals surface area contributed by atoms with Crippen LogP contribution in [0.5, 0.6) is 0 Å². The van der Waals surface area contributed by atoms with Crippen LogP contribution in [0.4, 0.5) is 0 Å². The molecule has 0 radical (unpaired) electrons. The van der Waals surface area contributed by atoms with E-state index in [2.05, 4.69) is 0 Å². The van der Waals surface area contributed by atoms with Crippen molar-refractivity contribution in [3.05, 3.63) is 11.6 Å². The van der Waals surface area contributed by atoms with Crippen molar-refractivity contribution in [2.75, 3.05) is 13.2 Å². The van der Waals surface area contributed by atoms with Gasteiger partial charge in [-0.15, -0.1) is 0 Å². The molecule has 0 bridgehead atoms. The van der Waals surface area contributed by atoms with Crippen LogP contribution >= 0.6 is 0 Å². The van der Waals surface area contributed by atoms with Crippen LogP contribution in [0.15, 0.2) is 11.6 Å². The van der Waals surface area contributed by atoms with Crippen molar-refractivity contribution in [3.8, 4) is 0 Å². The molecule has 0 aromatic rings. The van der Waals surface area contributed by atoms with Gasteiger partial charge in [0.15, 0.2) is 12.1 Å². The number of carbonyl (C=O) groups is 3. The minimum Gasteiger partial charge on any atom is -0.463 e. The lowest BCUT2D eigenvalue weighted by Gasteiger charge is -2.40. The molecule has 2 heterocycles. The Hall–Kier alpha value is -1.73. The molecule has 0 amide bonds. The van der Waals surface area contributed by atoms with Crippen molar-refractivity contribution in [3.63, 3.8) is 0 Å². The zero-order chi connectivity index (χ0) is 15.1. The van der Waals surface area contributed by atoms with Crippen LogP contribution in [0.3, 0.4) is 0 Å². The number of ether oxygens (including phenoxy) is 4. The van der Waals surface area contributed by atoms with E-state index in [0.717, 1.165) is 5.57 Å². The van der Waals surface area contributed by atoms with E-state index in [0.29, 0.717) is 6.61 Å². The Bertz CT molecular complexity index is 523. The summed E-state index contributed by atoms with van der Waals surface area (Å²) in [5.41, 5.74) is 0.873. The van der Waals surface area contributed by atoms with Gasteiger partial charge in [0.05, 0.1) is 12.5 Å². The van der Waals surface area contributed by atoms with E-state index in [1.54, 1.807) is 6.08 Å². The summed E-state index contributed by atoms with van der Waals surface area (Å²) in [6.07, 6.45) is -0.492. The number of carbonyl (C=O) groups excluding carboxylic acids is 3. The predicted octanol–water partition coefficient (Wildman–Crippen LogP) is -0.0222. The summed E-state index contributed by atoms with van der Waals surface area (Å²) in [5.74, 6) is -1.80. The van der Waals surface area contributed by atoms with E-state index in [4.69, 9.17) is 18.9 Å². The summed E-state index contributed by atoms with van der Waals surface area (Å²) in [6.45, 7) is 2.80. The first-order chi connectivity index (χ1) is 9.97. The van der Waals surface area contributed by atoms with Crippen LogP contribution < -0.4 is 0 Å². The van der Waals surface area contributed by atoms with E-state index in [1.807, 2.05) is 0 Å². The summed E-state index contributed by atoms with van der Waals surface area (Å²) in [4.78, 5) is 34.5. The monoisotopic (exact) mass is 296 g/mol. The van der Waals surface area contributed by atoms with E-state index >= 15 is 0 Å². The molecule has 7 nitrogen and oxygen atoms in total. The van der Waals surface area contributed by atoms with Crippen LogP contribution in [0, 0.1) is 11.8 Å². The summed E-state index contributed by atoms with van der Waals surface area (Å²) in [7, 11) is 0. The third-order valence-electron chi connectivity index (χ3n) is 3.96. The van der Waals surface area contributed by atoms with Crippen LogP contribution in [0.2, 0.25) is 0 Å². The topological polar surface area (TPSA) is 88.1 Å². The van der Waals surface area contributed by atoms with Gasteiger partial charge in [-0.05, 0) is 11.6 Å². The second-order valence-electron chi connectivity index (χ2n) is 5.40. The molecule has 0 aromatic carbocycles. The molecule has 0 N–H and O–H groups in total. The van der Waals surface area contributed by atoms with Crippen LogP contribution in [0.25, 0.3) is 0 Å². The third-order valence-corrected chi connectivity index (χ3v) is 3.96. The van der Waals surface area contributed by atoms with Gasteiger partial charge in [0.1, 0.15) is 18.8 Å². The molecule has 1 aliphatic carbocycles. The van der Waals surface area contributed by atoms with Crippen LogP contribution in [-0.2, 0) is 33.3 Å². The van der Waals surface area contributed by atoms with Gasteiger partial charge in [-0.2, -0.15) is 0 Å². The van der Waals surface area contributed by atoms with Crippen LogP contribution in [-0.4, -0.2) is 49.4 Å². The van der Waals surface area contributed by atoms with Crippen LogP contribution in [0.1, 0.15) is 13.8 Å².